The van der Waals surface area contributed by atoms with Crippen molar-refractivity contribution in [1.29, 1.82) is 5.26 Å². The van der Waals surface area contributed by atoms with E-state index in [4.69, 9.17) is 17.0 Å². The Bertz CT molecular complexity index is 1410. The van der Waals surface area contributed by atoms with Crippen molar-refractivity contribution in [2.45, 2.75) is 37.1 Å². The fourth-order valence-electron chi connectivity index (χ4n) is 5.19. The van der Waals surface area contributed by atoms with E-state index in [1.807, 2.05) is 67.5 Å². The fourth-order valence-corrected chi connectivity index (χ4v) is 5.53. The number of nitriles is 1. The van der Waals surface area contributed by atoms with Crippen molar-refractivity contribution < 1.29 is 25.2 Å². The Kier molecular flexibility index (Phi) is 6.43. The minimum atomic E-state index is -1.57. The molecule has 1 fully saturated rings. The molecule has 0 unspecified atom stereocenters. The van der Waals surface area contributed by atoms with Crippen LogP contribution in [0, 0.1) is 16.0 Å². The van der Waals surface area contributed by atoms with Crippen LogP contribution in [0.3, 0.4) is 0 Å². The Morgan fingerprint density at radius 1 is 1.06 bits per heavy atom. The number of benzene rings is 2. The van der Waals surface area contributed by atoms with Gasteiger partial charge in [-0.25, -0.2) is 0 Å². The second-order valence-corrected chi connectivity index (χ2v) is 9.75. The lowest BCUT2D eigenvalue weighted by atomic mass is 9.93. The van der Waals surface area contributed by atoms with Crippen molar-refractivity contribution in [1.82, 2.24) is 4.57 Å². The van der Waals surface area contributed by atoms with Gasteiger partial charge < -0.3 is 34.6 Å². The van der Waals surface area contributed by atoms with Crippen LogP contribution in [0.25, 0.3) is 22.4 Å². The van der Waals surface area contributed by atoms with E-state index in [0.717, 1.165) is 33.5 Å². The summed E-state index contributed by atoms with van der Waals surface area (Å²) < 4.78 is 7.60. The van der Waals surface area contributed by atoms with Crippen molar-refractivity contribution in [2.24, 2.45) is 0 Å². The summed E-state index contributed by atoms with van der Waals surface area (Å²) in [5.74, 6) is 0. The van der Waals surface area contributed by atoms with Crippen LogP contribution < -0.4 is 4.90 Å². The van der Waals surface area contributed by atoms with Crippen molar-refractivity contribution >= 4 is 17.9 Å². The van der Waals surface area contributed by atoms with E-state index in [0.29, 0.717) is 12.1 Å². The van der Waals surface area contributed by atoms with E-state index in [2.05, 4.69) is 6.07 Å². The van der Waals surface area contributed by atoms with Crippen LogP contribution in [0.5, 0.6) is 0 Å². The molecule has 1 saturated heterocycles. The molecule has 0 spiro atoms. The first-order valence-electron chi connectivity index (χ1n) is 11.7. The van der Waals surface area contributed by atoms with Gasteiger partial charge >= 0.3 is 0 Å². The van der Waals surface area contributed by atoms with Crippen LogP contribution in [-0.4, -0.2) is 70.1 Å². The first-order valence-corrected chi connectivity index (χ1v) is 12.1. The maximum atomic E-state index is 10.9. The third kappa shape index (κ3) is 3.74. The zero-order valence-corrected chi connectivity index (χ0v) is 20.7. The van der Waals surface area contributed by atoms with Gasteiger partial charge in [-0.3, -0.25) is 0 Å². The molecule has 1 aliphatic carbocycles. The highest BCUT2D eigenvalue weighted by Crippen LogP contribution is 2.46. The normalized spacial score (nSPS) is 24.6. The number of aliphatic hydroxyl groups is 4. The molecule has 186 valence electrons. The molecule has 1 aromatic heterocycles. The lowest BCUT2D eigenvalue weighted by Crippen LogP contribution is -2.56. The molecule has 3 aromatic rings. The van der Waals surface area contributed by atoms with Crippen molar-refractivity contribution in [3.8, 4) is 28.5 Å². The summed E-state index contributed by atoms with van der Waals surface area (Å²) in [6.45, 7) is -0.561. The largest absolute Gasteiger partial charge is 0.394 e. The number of hydrogen-bond donors (Lipinski definition) is 4. The Morgan fingerprint density at radius 3 is 2.39 bits per heavy atom. The summed E-state index contributed by atoms with van der Waals surface area (Å²) >= 11 is 5.83. The van der Waals surface area contributed by atoms with Gasteiger partial charge in [0.1, 0.15) is 35.1 Å². The molecule has 8 nitrogen and oxygen atoms in total. The second kappa shape index (κ2) is 9.41. The van der Waals surface area contributed by atoms with Gasteiger partial charge in [0.25, 0.3) is 0 Å². The number of hydrogen-bond acceptors (Lipinski definition) is 8. The number of anilines is 1. The maximum absolute atomic E-state index is 10.9. The van der Waals surface area contributed by atoms with Gasteiger partial charge in [-0.15, -0.1) is 0 Å². The second-order valence-electron chi connectivity index (χ2n) is 9.36. The minimum absolute atomic E-state index is 0.143. The van der Waals surface area contributed by atoms with E-state index in [9.17, 15) is 25.7 Å². The lowest BCUT2D eigenvalue weighted by Gasteiger charge is -2.41. The highest BCUT2D eigenvalue weighted by Gasteiger charge is 2.46. The monoisotopic (exact) mass is 505 g/mol. The smallest absolute Gasteiger partial charge is 0.164 e. The molecule has 4 N–H and O–H groups in total. The van der Waals surface area contributed by atoms with Gasteiger partial charge in [-0.1, -0.05) is 48.6 Å². The number of aromatic nitrogens is 1. The molecule has 0 bridgehead atoms. The highest BCUT2D eigenvalue weighted by atomic mass is 32.1. The fraction of sp³-hybridized carbons (Fsp3) is 0.333. The summed E-state index contributed by atoms with van der Waals surface area (Å²) in [6.07, 6.45) is -6.39. The average molecular weight is 506 g/mol. The van der Waals surface area contributed by atoms with Crippen LogP contribution in [0.1, 0.15) is 22.9 Å². The topological polar surface area (TPSA) is 122 Å². The Balaban J connectivity index is 1.80. The summed E-state index contributed by atoms with van der Waals surface area (Å²) in [4.78, 5) is 1.99. The van der Waals surface area contributed by atoms with E-state index < -0.39 is 37.3 Å². The molecule has 2 aliphatic rings. The van der Waals surface area contributed by atoms with Crippen LogP contribution >= 0.6 is 12.2 Å². The van der Waals surface area contributed by atoms with Crippen LogP contribution in [0.4, 0.5) is 5.69 Å². The quantitative estimate of drug-likeness (QED) is 0.312. The molecular formula is C27H27N3O5S. The minimum Gasteiger partial charge on any atom is -0.394 e. The number of aliphatic hydroxyl groups excluding tert-OH is 4. The molecule has 2 aromatic carbocycles. The van der Waals surface area contributed by atoms with Gasteiger partial charge in [0, 0.05) is 37.3 Å². The van der Waals surface area contributed by atoms with E-state index in [1.165, 1.54) is 0 Å². The molecule has 2 heterocycles. The number of pyridine rings is 1. The Morgan fingerprint density at radius 2 is 1.75 bits per heavy atom. The zero-order valence-electron chi connectivity index (χ0n) is 19.9. The molecule has 0 saturated carbocycles. The first-order chi connectivity index (χ1) is 17.3. The van der Waals surface area contributed by atoms with Gasteiger partial charge in [0.05, 0.1) is 17.9 Å². The molecule has 5 atom stereocenters. The van der Waals surface area contributed by atoms with Crippen LogP contribution in [0.2, 0.25) is 0 Å². The molecular weight excluding hydrogens is 478 g/mol. The van der Waals surface area contributed by atoms with Crippen LogP contribution in [-0.2, 0) is 11.2 Å². The average Bonchev–Trinajstić information content (AvgIpc) is 3.26. The molecule has 9 heteroatoms. The predicted molar refractivity (Wildman–Crippen MR) is 137 cm³/mol. The SMILES string of the molecule is CN(C)c1ccc(-c2c3c(n([C@@H]4O[C@H](CO)[C@H](O)[C@H](O)[C@H]4O)c(=S)c2C#N)-c2ccccc2C3)cc1. The summed E-state index contributed by atoms with van der Waals surface area (Å²) in [6, 6.07) is 17.9. The molecule has 1 aliphatic heterocycles. The number of fused-ring (bicyclic) bond motifs is 3. The Hall–Kier alpha value is -3.10. The van der Waals surface area contributed by atoms with Crippen molar-refractivity contribution in [2.75, 3.05) is 25.6 Å². The molecule has 5 rings (SSSR count). The van der Waals surface area contributed by atoms with Crippen molar-refractivity contribution in [3.05, 3.63) is 69.9 Å². The third-order valence-corrected chi connectivity index (χ3v) is 7.46. The highest BCUT2D eigenvalue weighted by molar-refractivity contribution is 7.71. The molecule has 0 amide bonds. The first kappa shape index (κ1) is 24.6. The van der Waals surface area contributed by atoms with Gasteiger partial charge in [0.2, 0.25) is 0 Å². The predicted octanol–water partition coefficient (Wildman–Crippen LogP) is 2.37. The number of rotatable bonds is 4. The summed E-state index contributed by atoms with van der Waals surface area (Å²) in [5, 5.41) is 51.7. The van der Waals surface area contributed by atoms with E-state index >= 15 is 0 Å². The van der Waals surface area contributed by atoms with Crippen molar-refractivity contribution in [3.63, 3.8) is 0 Å². The standard InChI is InChI=1S/C27H27N3O5S/c1-29(2)16-9-7-14(8-10-16)21-18-11-15-5-3-4-6-17(15)22(18)30(27(36)19(21)12-28)26-25(34)24(33)23(32)20(13-31)35-26/h3-10,20,23-26,31-34H,11,13H2,1-2H3/t20-,23+,24+,25-,26-/m1/s1. The third-order valence-electron chi connectivity index (χ3n) is 7.06. The van der Waals surface area contributed by atoms with Gasteiger partial charge in [0.15, 0.2) is 6.23 Å². The maximum Gasteiger partial charge on any atom is 0.164 e. The summed E-state index contributed by atoms with van der Waals surface area (Å²) in [5.41, 5.74) is 6.29. The van der Waals surface area contributed by atoms with Gasteiger partial charge in [-0.2, -0.15) is 5.26 Å². The number of nitrogens with zero attached hydrogens (tertiary/aromatic N) is 3. The molecule has 0 radical (unpaired) electrons. The zero-order chi connectivity index (χ0) is 25.7. The Labute approximate surface area is 213 Å². The van der Waals surface area contributed by atoms with E-state index in [1.54, 1.807) is 4.57 Å². The van der Waals surface area contributed by atoms with Crippen LogP contribution in [0.15, 0.2) is 48.5 Å². The summed E-state index contributed by atoms with van der Waals surface area (Å²) in [7, 11) is 3.91. The lowest BCUT2D eigenvalue weighted by molar-refractivity contribution is -0.251. The molecule has 36 heavy (non-hydrogen) atoms. The van der Waals surface area contributed by atoms with Gasteiger partial charge in [-0.05, 0) is 28.8 Å². The number of ether oxygens (including phenoxy) is 1. The van der Waals surface area contributed by atoms with E-state index in [-0.39, 0.29) is 10.2 Å².